The number of benzene rings is 1. The molecule has 1 aromatic heterocycles. The van der Waals surface area contributed by atoms with Crippen molar-refractivity contribution in [2.75, 3.05) is 7.11 Å². The van der Waals surface area contributed by atoms with E-state index in [1.165, 1.54) is 0 Å². The first kappa shape index (κ1) is 12.1. The summed E-state index contributed by atoms with van der Waals surface area (Å²) in [6.45, 7) is 1.85. The van der Waals surface area contributed by atoms with Crippen LogP contribution in [0.3, 0.4) is 0 Å². The fourth-order valence-corrected chi connectivity index (χ4v) is 2.02. The lowest BCUT2D eigenvalue weighted by atomic mass is 10.2. The van der Waals surface area contributed by atoms with Gasteiger partial charge in [-0.15, -0.1) is 0 Å². The third-order valence-electron chi connectivity index (χ3n) is 2.24. The number of aryl methyl sites for hydroxylation is 1. The monoisotopic (exact) mass is 268 g/mol. The number of nitrogens with zero attached hydrogens (tertiary/aromatic N) is 2. The number of aromatic nitrogens is 2. The predicted octanol–water partition coefficient (Wildman–Crippen LogP) is 3.77. The molecule has 88 valence electrons. The van der Waals surface area contributed by atoms with Gasteiger partial charge < -0.3 is 4.74 Å². The Kier molecular flexibility index (Phi) is 3.50. The molecule has 1 aromatic carbocycles. The van der Waals surface area contributed by atoms with E-state index in [-0.39, 0.29) is 0 Å². The summed E-state index contributed by atoms with van der Waals surface area (Å²) in [6.07, 6.45) is 0. The molecule has 0 saturated carbocycles. The molecule has 0 amide bonds. The molecule has 0 aliphatic carbocycles. The fourth-order valence-electron chi connectivity index (χ4n) is 1.53. The molecule has 0 aliphatic heterocycles. The molecule has 0 unspecified atom stereocenters. The minimum Gasteiger partial charge on any atom is -0.496 e. The summed E-state index contributed by atoms with van der Waals surface area (Å²) in [5.41, 5.74) is 1.43. The lowest BCUT2D eigenvalue weighted by Crippen LogP contribution is -1.96. The highest BCUT2D eigenvalue weighted by Gasteiger charge is 2.13. The van der Waals surface area contributed by atoms with Crippen LogP contribution in [0.4, 0.5) is 0 Å². The number of halogens is 2. The fraction of sp³-hybridized carbons (Fsp3) is 0.167. The summed E-state index contributed by atoms with van der Waals surface area (Å²) in [7, 11) is 1.58. The molecule has 2 aromatic rings. The molecule has 5 heteroatoms. The van der Waals surface area contributed by atoms with Crippen LogP contribution in [0.15, 0.2) is 24.3 Å². The second kappa shape index (κ2) is 4.90. The molecule has 0 atom stereocenters. The van der Waals surface area contributed by atoms with Crippen molar-refractivity contribution in [3.63, 3.8) is 0 Å². The topological polar surface area (TPSA) is 35.0 Å². The molecule has 2 rings (SSSR count). The van der Waals surface area contributed by atoms with E-state index >= 15 is 0 Å². The van der Waals surface area contributed by atoms with Gasteiger partial charge in [0.05, 0.1) is 17.7 Å². The minimum atomic E-state index is 0.384. The number of hydrogen-bond donors (Lipinski definition) is 0. The van der Waals surface area contributed by atoms with E-state index in [1.807, 2.05) is 13.0 Å². The van der Waals surface area contributed by atoms with Crippen molar-refractivity contribution in [1.29, 1.82) is 0 Å². The van der Waals surface area contributed by atoms with Crippen LogP contribution in [0.2, 0.25) is 10.2 Å². The van der Waals surface area contributed by atoms with Crippen LogP contribution in [0.25, 0.3) is 11.4 Å². The third-order valence-corrected chi connectivity index (χ3v) is 2.75. The number of rotatable bonds is 2. The first-order valence-electron chi connectivity index (χ1n) is 4.96. The van der Waals surface area contributed by atoms with E-state index in [9.17, 15) is 0 Å². The van der Waals surface area contributed by atoms with E-state index in [0.717, 1.165) is 5.69 Å². The van der Waals surface area contributed by atoms with Gasteiger partial charge in [-0.25, -0.2) is 9.97 Å². The van der Waals surface area contributed by atoms with E-state index in [4.69, 9.17) is 27.9 Å². The number of hydrogen-bond acceptors (Lipinski definition) is 3. The number of ether oxygens (including phenoxy) is 1. The van der Waals surface area contributed by atoms with E-state index in [1.54, 1.807) is 25.3 Å². The van der Waals surface area contributed by atoms with E-state index in [0.29, 0.717) is 27.3 Å². The summed E-state index contributed by atoms with van der Waals surface area (Å²) in [4.78, 5) is 8.48. The summed E-state index contributed by atoms with van der Waals surface area (Å²) >= 11 is 12.1. The van der Waals surface area contributed by atoms with Crippen molar-refractivity contribution in [2.24, 2.45) is 0 Å². The van der Waals surface area contributed by atoms with Gasteiger partial charge in [-0.1, -0.05) is 29.3 Å². The summed E-state index contributed by atoms with van der Waals surface area (Å²) in [5, 5.41) is 0.917. The average molecular weight is 269 g/mol. The first-order valence-corrected chi connectivity index (χ1v) is 5.71. The highest BCUT2D eigenvalue weighted by atomic mass is 35.5. The smallest absolute Gasteiger partial charge is 0.166 e. The van der Waals surface area contributed by atoms with E-state index < -0.39 is 0 Å². The molecule has 0 aliphatic rings. The zero-order chi connectivity index (χ0) is 12.4. The summed E-state index contributed by atoms with van der Waals surface area (Å²) in [5.74, 6) is 1.09. The van der Waals surface area contributed by atoms with Crippen LogP contribution in [-0.4, -0.2) is 17.1 Å². The normalized spacial score (nSPS) is 10.4. The van der Waals surface area contributed by atoms with Gasteiger partial charge in [-0.05, 0) is 25.1 Å². The van der Waals surface area contributed by atoms with Crippen molar-refractivity contribution in [3.05, 3.63) is 40.1 Å². The highest BCUT2D eigenvalue weighted by Crippen LogP contribution is 2.34. The van der Waals surface area contributed by atoms with Crippen LogP contribution in [0.1, 0.15) is 5.69 Å². The Morgan fingerprint density at radius 1 is 1.18 bits per heavy atom. The van der Waals surface area contributed by atoms with Crippen LogP contribution in [-0.2, 0) is 0 Å². The van der Waals surface area contributed by atoms with Crippen molar-refractivity contribution in [2.45, 2.75) is 6.92 Å². The maximum atomic E-state index is 6.14. The quantitative estimate of drug-likeness (QED) is 0.778. The zero-order valence-corrected chi connectivity index (χ0v) is 10.9. The van der Waals surface area contributed by atoms with Crippen LogP contribution < -0.4 is 4.74 Å². The van der Waals surface area contributed by atoms with Crippen LogP contribution >= 0.6 is 23.2 Å². The first-order chi connectivity index (χ1) is 8.11. The molecule has 0 fully saturated rings. The lowest BCUT2D eigenvalue weighted by molar-refractivity contribution is 0.416. The van der Waals surface area contributed by atoms with Crippen molar-refractivity contribution >= 4 is 23.2 Å². The van der Waals surface area contributed by atoms with Crippen LogP contribution in [0.5, 0.6) is 5.75 Å². The van der Waals surface area contributed by atoms with Gasteiger partial charge in [0.15, 0.2) is 5.82 Å². The molecular weight excluding hydrogens is 259 g/mol. The molecule has 1 heterocycles. The minimum absolute atomic E-state index is 0.384. The van der Waals surface area contributed by atoms with Gasteiger partial charge in [0.25, 0.3) is 0 Å². The van der Waals surface area contributed by atoms with Crippen molar-refractivity contribution in [1.82, 2.24) is 9.97 Å². The largest absolute Gasteiger partial charge is 0.496 e. The third kappa shape index (κ3) is 2.51. The molecule has 0 saturated heterocycles. The maximum Gasteiger partial charge on any atom is 0.166 e. The molecule has 3 nitrogen and oxygen atoms in total. The molecule has 0 spiro atoms. The molecule has 0 N–H and O–H groups in total. The SMILES string of the molecule is COc1cccc(Cl)c1-c1nc(C)cc(Cl)n1. The maximum absolute atomic E-state index is 6.14. The van der Waals surface area contributed by atoms with Crippen molar-refractivity contribution < 1.29 is 4.74 Å². The van der Waals surface area contributed by atoms with E-state index in [2.05, 4.69) is 9.97 Å². The Bertz CT molecular complexity index is 538. The summed E-state index contributed by atoms with van der Waals surface area (Å²) in [6, 6.07) is 7.07. The Morgan fingerprint density at radius 2 is 1.94 bits per heavy atom. The second-order valence-electron chi connectivity index (χ2n) is 3.47. The molecule has 0 bridgehead atoms. The van der Waals surface area contributed by atoms with Gasteiger partial charge >= 0.3 is 0 Å². The van der Waals surface area contributed by atoms with Gasteiger partial charge in [0.1, 0.15) is 10.9 Å². The predicted molar refractivity (Wildman–Crippen MR) is 68.8 cm³/mol. The molecular formula is C12H10Cl2N2O. The standard InChI is InChI=1S/C12H10Cl2N2O/c1-7-6-10(14)16-12(15-7)11-8(13)4-3-5-9(11)17-2/h3-6H,1-2H3. The summed E-state index contributed by atoms with van der Waals surface area (Å²) < 4.78 is 5.25. The Hall–Kier alpha value is -1.32. The van der Waals surface area contributed by atoms with Gasteiger partial charge in [0, 0.05) is 5.69 Å². The molecule has 17 heavy (non-hydrogen) atoms. The van der Waals surface area contributed by atoms with Crippen molar-refractivity contribution in [3.8, 4) is 17.1 Å². The second-order valence-corrected chi connectivity index (χ2v) is 4.27. The lowest BCUT2D eigenvalue weighted by Gasteiger charge is -2.09. The Labute approximate surface area is 109 Å². The Balaban J connectivity index is 2.67. The Morgan fingerprint density at radius 3 is 2.59 bits per heavy atom. The average Bonchev–Trinajstić information content (AvgIpc) is 2.27. The molecule has 0 radical (unpaired) electrons. The van der Waals surface area contributed by atoms with Gasteiger partial charge in [0.2, 0.25) is 0 Å². The number of methoxy groups -OCH3 is 1. The van der Waals surface area contributed by atoms with Crippen LogP contribution in [0, 0.1) is 6.92 Å². The zero-order valence-electron chi connectivity index (χ0n) is 9.37. The van der Waals surface area contributed by atoms with Gasteiger partial charge in [-0.2, -0.15) is 0 Å². The van der Waals surface area contributed by atoms with Gasteiger partial charge in [-0.3, -0.25) is 0 Å². The highest BCUT2D eigenvalue weighted by molar-refractivity contribution is 6.33.